The molecule has 23 heavy (non-hydrogen) atoms. The third-order valence-corrected chi connectivity index (χ3v) is 4.32. The van der Waals surface area contributed by atoms with Crippen molar-refractivity contribution >= 4 is 17.2 Å². The molecule has 5 nitrogen and oxygen atoms in total. The summed E-state index contributed by atoms with van der Waals surface area (Å²) in [6.07, 6.45) is 0. The maximum atomic E-state index is 12.3. The number of rotatable bonds is 6. The highest BCUT2D eigenvalue weighted by molar-refractivity contribution is 7.17. The molecular weight excluding hydrogens is 310 g/mol. The minimum atomic E-state index is -0.438. The predicted molar refractivity (Wildman–Crippen MR) is 94.1 cm³/mol. The molecule has 0 aliphatic rings. The van der Waals surface area contributed by atoms with Crippen LogP contribution in [0.4, 0.5) is 0 Å². The maximum Gasteiger partial charge on any atom is 0.263 e. The molecule has 0 aliphatic heterocycles. The second-order valence-corrected chi connectivity index (χ2v) is 7.06. The highest BCUT2D eigenvalue weighted by Crippen LogP contribution is 2.29. The van der Waals surface area contributed by atoms with Gasteiger partial charge in [0.05, 0.1) is 12.3 Å². The third-order valence-electron chi connectivity index (χ3n) is 3.12. The molecule has 0 spiro atoms. The SMILES string of the molecule is CCOc1ccc(-c2nc(C)c(C(=O)NCC(C)(C)N)s2)cc1. The van der Waals surface area contributed by atoms with Crippen LogP contribution in [0.25, 0.3) is 10.6 Å². The molecule has 0 saturated heterocycles. The van der Waals surface area contributed by atoms with E-state index in [0.29, 0.717) is 18.0 Å². The largest absolute Gasteiger partial charge is 0.494 e. The van der Waals surface area contributed by atoms with Gasteiger partial charge in [0.25, 0.3) is 5.91 Å². The molecule has 6 heteroatoms. The van der Waals surface area contributed by atoms with Crippen molar-refractivity contribution in [3.05, 3.63) is 34.8 Å². The molecular formula is C17H23N3O2S. The number of carbonyl (C=O) groups is 1. The number of thiazole rings is 1. The molecule has 0 radical (unpaired) electrons. The van der Waals surface area contributed by atoms with Gasteiger partial charge in [0.2, 0.25) is 0 Å². The van der Waals surface area contributed by atoms with Crippen molar-refractivity contribution in [3.8, 4) is 16.3 Å². The molecule has 0 unspecified atom stereocenters. The lowest BCUT2D eigenvalue weighted by molar-refractivity contribution is 0.0949. The second-order valence-electron chi connectivity index (χ2n) is 6.06. The Kier molecular flexibility index (Phi) is 5.38. The first-order valence-corrected chi connectivity index (χ1v) is 8.39. The van der Waals surface area contributed by atoms with Crippen LogP contribution in [0, 0.1) is 6.92 Å². The molecule has 2 rings (SSSR count). The fraction of sp³-hybridized carbons (Fsp3) is 0.412. The molecule has 3 N–H and O–H groups in total. The first kappa shape index (κ1) is 17.4. The van der Waals surface area contributed by atoms with E-state index in [9.17, 15) is 4.79 Å². The van der Waals surface area contributed by atoms with E-state index in [2.05, 4.69) is 10.3 Å². The second kappa shape index (κ2) is 7.10. The number of benzene rings is 1. The summed E-state index contributed by atoms with van der Waals surface area (Å²) in [6.45, 7) is 8.60. The van der Waals surface area contributed by atoms with E-state index >= 15 is 0 Å². The zero-order chi connectivity index (χ0) is 17.0. The molecule has 124 valence electrons. The highest BCUT2D eigenvalue weighted by Gasteiger charge is 2.18. The van der Waals surface area contributed by atoms with E-state index in [1.807, 2.05) is 52.0 Å². The molecule has 1 aromatic carbocycles. The Labute approximate surface area is 140 Å². The normalized spacial score (nSPS) is 11.3. The lowest BCUT2D eigenvalue weighted by atomic mass is 10.1. The number of aryl methyl sites for hydroxylation is 1. The Morgan fingerprint density at radius 1 is 1.35 bits per heavy atom. The number of amides is 1. The number of hydrogen-bond acceptors (Lipinski definition) is 5. The standard InChI is InChI=1S/C17H23N3O2S/c1-5-22-13-8-6-12(7-9-13)16-20-11(2)14(23-16)15(21)19-10-17(3,4)18/h6-9H,5,10,18H2,1-4H3,(H,19,21). The van der Waals surface area contributed by atoms with Crippen molar-refractivity contribution in [2.75, 3.05) is 13.2 Å². The van der Waals surface area contributed by atoms with Gasteiger partial charge < -0.3 is 15.8 Å². The quantitative estimate of drug-likeness (QED) is 0.852. The fourth-order valence-electron chi connectivity index (χ4n) is 1.98. The van der Waals surface area contributed by atoms with E-state index in [-0.39, 0.29) is 5.91 Å². The van der Waals surface area contributed by atoms with Crippen LogP contribution in [0.3, 0.4) is 0 Å². The average molecular weight is 333 g/mol. The monoisotopic (exact) mass is 333 g/mol. The third kappa shape index (κ3) is 4.77. The van der Waals surface area contributed by atoms with E-state index in [1.165, 1.54) is 11.3 Å². The van der Waals surface area contributed by atoms with Crippen LogP contribution >= 0.6 is 11.3 Å². The maximum absolute atomic E-state index is 12.3. The van der Waals surface area contributed by atoms with Crippen LogP contribution in [0.5, 0.6) is 5.75 Å². The van der Waals surface area contributed by atoms with Crippen LogP contribution in [-0.2, 0) is 0 Å². The number of hydrogen-bond donors (Lipinski definition) is 2. The first-order valence-electron chi connectivity index (χ1n) is 7.58. The summed E-state index contributed by atoms with van der Waals surface area (Å²) in [5.74, 6) is 0.698. The average Bonchev–Trinajstić information content (AvgIpc) is 2.87. The fourth-order valence-corrected chi connectivity index (χ4v) is 2.97. The Hall–Kier alpha value is -1.92. The summed E-state index contributed by atoms with van der Waals surface area (Å²) in [5.41, 5.74) is 7.16. The molecule has 2 aromatic rings. The number of nitrogens with one attached hydrogen (secondary N) is 1. The van der Waals surface area contributed by atoms with Crippen molar-refractivity contribution in [2.24, 2.45) is 5.73 Å². The van der Waals surface area contributed by atoms with Gasteiger partial charge in [-0.05, 0) is 52.0 Å². The number of nitrogens with two attached hydrogens (primary N) is 1. The molecule has 0 aliphatic carbocycles. The van der Waals surface area contributed by atoms with Crippen molar-refractivity contribution in [1.82, 2.24) is 10.3 Å². The minimum Gasteiger partial charge on any atom is -0.494 e. The van der Waals surface area contributed by atoms with Gasteiger partial charge in [0.15, 0.2) is 0 Å². The Balaban J connectivity index is 2.15. The topological polar surface area (TPSA) is 77.2 Å². The van der Waals surface area contributed by atoms with Crippen LogP contribution in [-0.4, -0.2) is 29.6 Å². The Morgan fingerprint density at radius 3 is 2.57 bits per heavy atom. The van der Waals surface area contributed by atoms with Crippen LogP contribution in [0.2, 0.25) is 0 Å². The number of ether oxygens (including phenoxy) is 1. The summed E-state index contributed by atoms with van der Waals surface area (Å²) < 4.78 is 5.43. The smallest absolute Gasteiger partial charge is 0.263 e. The van der Waals surface area contributed by atoms with Gasteiger partial charge in [0.1, 0.15) is 15.6 Å². The zero-order valence-electron chi connectivity index (χ0n) is 14.0. The summed E-state index contributed by atoms with van der Waals surface area (Å²) in [6, 6.07) is 7.72. The molecule has 0 bridgehead atoms. The first-order chi connectivity index (χ1) is 10.8. The lowest BCUT2D eigenvalue weighted by Gasteiger charge is -2.18. The van der Waals surface area contributed by atoms with Crippen LogP contribution < -0.4 is 15.8 Å². The minimum absolute atomic E-state index is 0.129. The van der Waals surface area contributed by atoms with Gasteiger partial charge in [-0.1, -0.05) is 0 Å². The van der Waals surface area contributed by atoms with Crippen molar-refractivity contribution in [1.29, 1.82) is 0 Å². The molecule has 1 heterocycles. The van der Waals surface area contributed by atoms with Gasteiger partial charge in [0, 0.05) is 17.6 Å². The molecule has 1 amide bonds. The van der Waals surface area contributed by atoms with Crippen molar-refractivity contribution in [2.45, 2.75) is 33.2 Å². The Morgan fingerprint density at radius 2 is 2.00 bits per heavy atom. The number of nitrogens with zero attached hydrogens (tertiary/aromatic N) is 1. The van der Waals surface area contributed by atoms with Crippen molar-refractivity contribution in [3.63, 3.8) is 0 Å². The van der Waals surface area contributed by atoms with E-state index in [0.717, 1.165) is 22.0 Å². The van der Waals surface area contributed by atoms with E-state index < -0.39 is 5.54 Å². The van der Waals surface area contributed by atoms with E-state index in [1.54, 1.807) is 0 Å². The molecule has 0 atom stereocenters. The summed E-state index contributed by atoms with van der Waals surface area (Å²) >= 11 is 1.39. The summed E-state index contributed by atoms with van der Waals surface area (Å²) in [5, 5.41) is 3.68. The van der Waals surface area contributed by atoms with Gasteiger partial charge in [-0.2, -0.15) is 0 Å². The summed E-state index contributed by atoms with van der Waals surface area (Å²) in [4.78, 5) is 17.4. The molecule has 0 fully saturated rings. The lowest BCUT2D eigenvalue weighted by Crippen LogP contribution is -2.45. The summed E-state index contributed by atoms with van der Waals surface area (Å²) in [7, 11) is 0. The zero-order valence-corrected chi connectivity index (χ0v) is 14.8. The van der Waals surface area contributed by atoms with Gasteiger partial charge in [-0.15, -0.1) is 11.3 Å². The van der Waals surface area contributed by atoms with E-state index in [4.69, 9.17) is 10.5 Å². The molecule has 0 saturated carbocycles. The van der Waals surface area contributed by atoms with Gasteiger partial charge in [-0.25, -0.2) is 4.98 Å². The van der Waals surface area contributed by atoms with Gasteiger partial charge >= 0.3 is 0 Å². The predicted octanol–water partition coefficient (Wildman–Crippen LogP) is 2.98. The Bertz CT molecular complexity index is 672. The number of carbonyl (C=O) groups excluding carboxylic acids is 1. The van der Waals surface area contributed by atoms with Crippen LogP contribution in [0.15, 0.2) is 24.3 Å². The molecule has 1 aromatic heterocycles. The number of aromatic nitrogens is 1. The van der Waals surface area contributed by atoms with Crippen molar-refractivity contribution < 1.29 is 9.53 Å². The van der Waals surface area contributed by atoms with Gasteiger partial charge in [-0.3, -0.25) is 4.79 Å². The van der Waals surface area contributed by atoms with Crippen LogP contribution in [0.1, 0.15) is 36.1 Å². The highest BCUT2D eigenvalue weighted by atomic mass is 32.1.